The smallest absolute Gasteiger partial charge is 0.237 e. The van der Waals surface area contributed by atoms with Crippen LogP contribution in [0.25, 0.3) is 0 Å². The van der Waals surface area contributed by atoms with Gasteiger partial charge >= 0.3 is 0 Å². The molecule has 5 nitrogen and oxygen atoms in total. The Kier molecular flexibility index (Phi) is 4.50. The molecule has 3 N–H and O–H groups in total. The minimum atomic E-state index is -0.823. The Morgan fingerprint density at radius 3 is 2.80 bits per heavy atom. The first-order valence-corrected chi connectivity index (χ1v) is 7.17. The fourth-order valence-electron chi connectivity index (χ4n) is 1.30. The molecule has 0 bridgehead atoms. The Bertz CT molecular complexity index is 635. The van der Waals surface area contributed by atoms with Crippen molar-refractivity contribution >= 4 is 39.8 Å². The molecule has 1 amide bonds. The maximum Gasteiger partial charge on any atom is 0.237 e. The molecule has 20 heavy (non-hydrogen) atoms. The number of benzene rings is 1. The molecule has 0 aliphatic heterocycles. The summed E-state index contributed by atoms with van der Waals surface area (Å²) < 4.78 is 26.7. The van der Waals surface area contributed by atoms with Crippen molar-refractivity contribution in [1.29, 1.82) is 0 Å². The molecular weight excluding hydrogens is 306 g/mol. The number of rotatable bonds is 4. The van der Waals surface area contributed by atoms with Crippen LogP contribution in [0.5, 0.6) is 0 Å². The zero-order valence-electron chi connectivity index (χ0n) is 10.3. The summed E-state index contributed by atoms with van der Waals surface area (Å²) in [5, 5.41) is 9.58. The molecule has 0 radical (unpaired) electrons. The van der Waals surface area contributed by atoms with E-state index in [1.165, 1.54) is 6.07 Å². The number of hydrogen-bond acceptors (Lipinski definition) is 6. The second-order valence-electron chi connectivity index (χ2n) is 3.78. The number of anilines is 2. The molecule has 1 heterocycles. The molecule has 9 heteroatoms. The van der Waals surface area contributed by atoms with Gasteiger partial charge in [0.2, 0.25) is 11.0 Å². The Hall–Kier alpha value is -1.74. The molecule has 0 fully saturated rings. The molecule has 1 aromatic carbocycles. The van der Waals surface area contributed by atoms with Crippen LogP contribution in [0.1, 0.15) is 6.92 Å². The van der Waals surface area contributed by atoms with E-state index < -0.39 is 22.8 Å². The van der Waals surface area contributed by atoms with Gasteiger partial charge in [-0.2, -0.15) is 0 Å². The third-order valence-corrected chi connectivity index (χ3v) is 4.19. The van der Waals surface area contributed by atoms with Crippen molar-refractivity contribution in [2.45, 2.75) is 16.5 Å². The highest BCUT2D eigenvalue weighted by atomic mass is 32.2. The lowest BCUT2D eigenvalue weighted by atomic mass is 10.3. The summed E-state index contributed by atoms with van der Waals surface area (Å²) in [6.45, 7) is 1.64. The minimum absolute atomic E-state index is 0.0689. The highest BCUT2D eigenvalue weighted by molar-refractivity contribution is 8.02. The molecule has 0 aliphatic rings. The summed E-state index contributed by atoms with van der Waals surface area (Å²) in [4.78, 5) is 11.9. The van der Waals surface area contributed by atoms with Crippen LogP contribution in [-0.2, 0) is 4.79 Å². The van der Waals surface area contributed by atoms with Crippen LogP contribution in [0, 0.1) is 11.6 Å². The van der Waals surface area contributed by atoms with Gasteiger partial charge in [-0.25, -0.2) is 8.78 Å². The molecule has 2 rings (SSSR count). The maximum atomic E-state index is 13.4. The van der Waals surface area contributed by atoms with Crippen molar-refractivity contribution in [3.8, 4) is 0 Å². The number of hydrogen-bond donors (Lipinski definition) is 2. The van der Waals surface area contributed by atoms with Gasteiger partial charge in [-0.3, -0.25) is 4.79 Å². The summed E-state index contributed by atoms with van der Waals surface area (Å²) in [5.41, 5.74) is 5.37. The van der Waals surface area contributed by atoms with E-state index in [1.807, 2.05) is 0 Å². The topological polar surface area (TPSA) is 80.9 Å². The highest BCUT2D eigenvalue weighted by Crippen LogP contribution is 2.28. The summed E-state index contributed by atoms with van der Waals surface area (Å²) >= 11 is 2.32. The van der Waals surface area contributed by atoms with E-state index in [4.69, 9.17) is 5.73 Å². The highest BCUT2D eigenvalue weighted by Gasteiger charge is 2.18. The minimum Gasteiger partial charge on any atom is -0.374 e. The van der Waals surface area contributed by atoms with Crippen molar-refractivity contribution in [3.63, 3.8) is 0 Å². The van der Waals surface area contributed by atoms with Crippen LogP contribution in [0.15, 0.2) is 22.5 Å². The van der Waals surface area contributed by atoms with Crippen molar-refractivity contribution in [2.24, 2.45) is 0 Å². The van der Waals surface area contributed by atoms with Crippen LogP contribution in [0.2, 0.25) is 0 Å². The van der Waals surface area contributed by atoms with Gasteiger partial charge in [-0.1, -0.05) is 23.1 Å². The van der Waals surface area contributed by atoms with Gasteiger partial charge < -0.3 is 11.1 Å². The number of nitrogens with two attached hydrogens (primary N) is 1. The number of aromatic nitrogens is 2. The number of carbonyl (C=O) groups is 1. The first-order valence-electron chi connectivity index (χ1n) is 5.47. The van der Waals surface area contributed by atoms with Crippen molar-refractivity contribution in [2.75, 3.05) is 11.1 Å². The van der Waals surface area contributed by atoms with E-state index in [0.717, 1.165) is 29.2 Å². The van der Waals surface area contributed by atoms with E-state index in [9.17, 15) is 13.6 Å². The van der Waals surface area contributed by atoms with Gasteiger partial charge in [0, 0.05) is 6.07 Å². The summed E-state index contributed by atoms with van der Waals surface area (Å²) in [7, 11) is 0. The average Bonchev–Trinajstić information content (AvgIpc) is 2.78. The van der Waals surface area contributed by atoms with E-state index >= 15 is 0 Å². The average molecular weight is 316 g/mol. The molecule has 2 aromatic rings. The zero-order chi connectivity index (χ0) is 14.7. The van der Waals surface area contributed by atoms with Crippen LogP contribution in [0.3, 0.4) is 0 Å². The second-order valence-corrected chi connectivity index (χ2v) is 6.38. The van der Waals surface area contributed by atoms with Crippen LogP contribution in [-0.4, -0.2) is 21.4 Å². The molecular formula is C11H10F2N4OS2. The third kappa shape index (κ3) is 3.64. The number of carbonyl (C=O) groups excluding carboxylic acids is 1. The molecule has 0 saturated heterocycles. The van der Waals surface area contributed by atoms with Crippen molar-refractivity contribution in [1.82, 2.24) is 10.2 Å². The first-order chi connectivity index (χ1) is 9.45. The predicted octanol–water partition coefficient (Wildman–Crippen LogP) is 2.52. The summed E-state index contributed by atoms with van der Waals surface area (Å²) in [6.07, 6.45) is 0. The standard InChI is InChI=1S/C11H10F2N4OS2/c1-5(19-11-17-16-10(14)20-11)9(18)15-8-3-2-6(12)4-7(8)13/h2-5H,1H3,(H2,14,16)(H,15,18). The molecule has 106 valence electrons. The number of nitrogens with one attached hydrogen (secondary N) is 1. The van der Waals surface area contributed by atoms with E-state index in [2.05, 4.69) is 15.5 Å². The first kappa shape index (κ1) is 14.7. The molecule has 1 aromatic heterocycles. The van der Waals surface area contributed by atoms with Gasteiger partial charge in [0.25, 0.3) is 0 Å². The molecule has 0 aliphatic carbocycles. The Labute approximate surface area is 121 Å². The molecule has 1 atom stereocenters. The number of amides is 1. The molecule has 0 spiro atoms. The van der Waals surface area contributed by atoms with Crippen molar-refractivity contribution in [3.05, 3.63) is 29.8 Å². The zero-order valence-corrected chi connectivity index (χ0v) is 11.9. The van der Waals surface area contributed by atoms with Gasteiger partial charge in [0.15, 0.2) is 4.34 Å². The lowest BCUT2D eigenvalue weighted by Crippen LogP contribution is -2.22. The fourth-order valence-corrected chi connectivity index (χ4v) is 3.08. The quantitative estimate of drug-likeness (QED) is 0.847. The van der Waals surface area contributed by atoms with Gasteiger partial charge in [0.1, 0.15) is 11.6 Å². The second kappa shape index (κ2) is 6.14. The summed E-state index contributed by atoms with van der Waals surface area (Å²) in [5.74, 6) is -1.95. The Balaban J connectivity index is 2.00. The van der Waals surface area contributed by atoms with Crippen molar-refractivity contribution < 1.29 is 13.6 Å². The van der Waals surface area contributed by atoms with Gasteiger partial charge in [-0.15, -0.1) is 10.2 Å². The Morgan fingerprint density at radius 1 is 1.45 bits per heavy atom. The maximum absolute atomic E-state index is 13.4. The largest absolute Gasteiger partial charge is 0.374 e. The van der Waals surface area contributed by atoms with E-state index in [1.54, 1.807) is 6.92 Å². The van der Waals surface area contributed by atoms with E-state index in [-0.39, 0.29) is 5.69 Å². The normalized spacial score (nSPS) is 12.2. The van der Waals surface area contributed by atoms with Gasteiger partial charge in [-0.05, 0) is 19.1 Å². The monoisotopic (exact) mass is 316 g/mol. The lowest BCUT2D eigenvalue weighted by Gasteiger charge is -2.10. The lowest BCUT2D eigenvalue weighted by molar-refractivity contribution is -0.115. The number of nitrogens with zero attached hydrogens (tertiary/aromatic N) is 2. The summed E-state index contributed by atoms with van der Waals surface area (Å²) in [6, 6.07) is 2.95. The predicted molar refractivity (Wildman–Crippen MR) is 74.6 cm³/mol. The van der Waals surface area contributed by atoms with Crippen LogP contribution < -0.4 is 11.1 Å². The fraction of sp³-hybridized carbons (Fsp3) is 0.182. The SMILES string of the molecule is CC(Sc1nnc(N)s1)C(=O)Nc1ccc(F)cc1F. The van der Waals surface area contributed by atoms with Crippen LogP contribution in [0.4, 0.5) is 19.6 Å². The number of thioether (sulfide) groups is 1. The third-order valence-electron chi connectivity index (χ3n) is 2.26. The van der Waals surface area contributed by atoms with Crippen LogP contribution >= 0.6 is 23.1 Å². The number of halogens is 2. The van der Waals surface area contributed by atoms with E-state index in [0.29, 0.717) is 15.5 Å². The van der Waals surface area contributed by atoms with Gasteiger partial charge in [0.05, 0.1) is 10.9 Å². The molecule has 1 unspecified atom stereocenters. The molecule has 0 saturated carbocycles. The Morgan fingerprint density at radius 2 is 2.20 bits per heavy atom. The number of nitrogen functional groups attached to an aromatic ring is 1.